The minimum atomic E-state index is -3.95. The van der Waals surface area contributed by atoms with E-state index in [1.54, 1.807) is 6.07 Å². The molecule has 8 heteroatoms. The second-order valence-electron chi connectivity index (χ2n) is 11.4. The van der Waals surface area contributed by atoms with Crippen molar-refractivity contribution in [2.75, 3.05) is 18.2 Å². The molecule has 1 unspecified atom stereocenters. The third kappa shape index (κ3) is 7.96. The lowest BCUT2D eigenvalue weighted by molar-refractivity contribution is 0.0474. The summed E-state index contributed by atoms with van der Waals surface area (Å²) < 4.78 is 39.2. The number of hydrogen-bond donors (Lipinski definition) is 1. The van der Waals surface area contributed by atoms with E-state index in [0.29, 0.717) is 24.3 Å². The highest BCUT2D eigenvalue weighted by Gasteiger charge is 2.32. The van der Waals surface area contributed by atoms with Crippen molar-refractivity contribution >= 4 is 15.7 Å². The summed E-state index contributed by atoms with van der Waals surface area (Å²) in [5.41, 5.74) is 4.74. The van der Waals surface area contributed by atoms with Gasteiger partial charge in [0.2, 0.25) is 16.8 Å². The number of benzene rings is 4. The highest BCUT2D eigenvalue weighted by molar-refractivity contribution is 7.89. The van der Waals surface area contributed by atoms with E-state index in [2.05, 4.69) is 77.7 Å². The Balaban J connectivity index is 1.27. The van der Waals surface area contributed by atoms with Gasteiger partial charge in [-0.3, -0.25) is 0 Å². The lowest BCUT2D eigenvalue weighted by atomic mass is 10.1. The van der Waals surface area contributed by atoms with Crippen molar-refractivity contribution in [2.45, 2.75) is 57.3 Å². The Morgan fingerprint density at radius 3 is 2.05 bits per heavy atom. The van der Waals surface area contributed by atoms with Crippen LogP contribution >= 0.6 is 0 Å². The maximum atomic E-state index is 13.6. The summed E-state index contributed by atoms with van der Waals surface area (Å²) >= 11 is 0. The van der Waals surface area contributed by atoms with Crippen molar-refractivity contribution in [3.63, 3.8) is 0 Å². The number of nitrogens with zero attached hydrogens (tertiary/aromatic N) is 2. The maximum Gasteiger partial charge on any atom is 0.245 e. The molecule has 0 aliphatic carbocycles. The molecule has 1 heterocycles. The zero-order valence-electron chi connectivity index (χ0n) is 24.8. The zero-order chi connectivity index (χ0) is 30.2. The smallest absolute Gasteiger partial charge is 0.245 e. The molecule has 0 spiro atoms. The van der Waals surface area contributed by atoms with Crippen LogP contribution in [0.3, 0.4) is 0 Å². The van der Waals surface area contributed by atoms with Crippen LogP contribution < -0.4 is 14.4 Å². The summed E-state index contributed by atoms with van der Waals surface area (Å²) in [5.74, 6) is 0.951. The highest BCUT2D eigenvalue weighted by Crippen LogP contribution is 2.35. The molecule has 0 fully saturated rings. The van der Waals surface area contributed by atoms with Gasteiger partial charge in [0.25, 0.3) is 0 Å². The number of ether oxygens (including phenoxy) is 2. The molecule has 0 aromatic heterocycles. The molecule has 226 valence electrons. The molecule has 1 atom stereocenters. The van der Waals surface area contributed by atoms with Gasteiger partial charge in [-0.05, 0) is 66.1 Å². The van der Waals surface area contributed by atoms with Gasteiger partial charge >= 0.3 is 0 Å². The molecule has 0 amide bonds. The minimum absolute atomic E-state index is 0.0373. The summed E-state index contributed by atoms with van der Waals surface area (Å²) in [6, 6.07) is 34.0. The fourth-order valence-corrected chi connectivity index (χ4v) is 6.99. The number of aliphatic hydroxyl groups is 1. The molecule has 0 radical (unpaired) electrons. The first kappa shape index (κ1) is 30.6. The summed E-state index contributed by atoms with van der Waals surface area (Å²) in [4.78, 5) is 2.45. The van der Waals surface area contributed by atoms with E-state index in [9.17, 15) is 13.5 Å². The Kier molecular flexibility index (Phi) is 10.0. The number of aliphatic hydroxyl groups excluding tert-OH is 1. The number of fused-ring (bicyclic) bond motifs is 1. The molecular weight excluding hydrogens is 560 g/mol. The van der Waals surface area contributed by atoms with Crippen molar-refractivity contribution in [3.8, 4) is 11.5 Å². The minimum Gasteiger partial charge on any atom is -0.454 e. The number of sulfonamides is 1. The maximum absolute atomic E-state index is 13.6. The Morgan fingerprint density at radius 2 is 1.40 bits per heavy atom. The second-order valence-corrected chi connectivity index (χ2v) is 13.2. The average molecular weight is 601 g/mol. The van der Waals surface area contributed by atoms with Gasteiger partial charge in [-0.2, -0.15) is 4.31 Å². The Labute approximate surface area is 255 Å². The fourth-order valence-electron chi connectivity index (χ4n) is 5.30. The molecule has 0 bridgehead atoms. The fraction of sp³-hybridized carbons (Fsp3) is 0.314. The molecule has 1 N–H and O–H groups in total. The van der Waals surface area contributed by atoms with Crippen LogP contribution in [0.1, 0.15) is 43.4 Å². The van der Waals surface area contributed by atoms with Gasteiger partial charge in [0.05, 0.1) is 4.90 Å². The molecule has 4 aromatic rings. The molecular formula is C35H40N2O5S. The molecule has 1 aliphatic rings. The monoisotopic (exact) mass is 600 g/mol. The van der Waals surface area contributed by atoms with Crippen LogP contribution in [-0.2, 0) is 29.5 Å². The van der Waals surface area contributed by atoms with Crippen LogP contribution in [0.5, 0.6) is 11.5 Å². The summed E-state index contributed by atoms with van der Waals surface area (Å²) in [5, 5.41) is 11.2. The Morgan fingerprint density at radius 1 is 0.767 bits per heavy atom. The first-order chi connectivity index (χ1) is 20.8. The number of hydrogen-bond acceptors (Lipinski definition) is 6. The highest BCUT2D eigenvalue weighted by atomic mass is 32.2. The van der Waals surface area contributed by atoms with Gasteiger partial charge in [0, 0.05) is 31.4 Å². The number of rotatable bonds is 14. The molecule has 5 rings (SSSR count). The first-order valence-corrected chi connectivity index (χ1v) is 16.2. The third-order valence-electron chi connectivity index (χ3n) is 7.46. The zero-order valence-corrected chi connectivity index (χ0v) is 25.6. The molecule has 4 aromatic carbocycles. The first-order valence-electron chi connectivity index (χ1n) is 14.8. The predicted octanol–water partition coefficient (Wildman–Crippen LogP) is 6.61. The van der Waals surface area contributed by atoms with Gasteiger partial charge < -0.3 is 19.5 Å². The lowest BCUT2D eigenvalue weighted by Gasteiger charge is -2.29. The van der Waals surface area contributed by atoms with Crippen molar-refractivity contribution in [1.29, 1.82) is 0 Å². The molecule has 1 aliphatic heterocycles. The van der Waals surface area contributed by atoms with Crippen molar-refractivity contribution in [1.82, 2.24) is 4.31 Å². The summed E-state index contributed by atoms with van der Waals surface area (Å²) in [6.07, 6.45) is 0.523. The van der Waals surface area contributed by atoms with Gasteiger partial charge in [-0.15, -0.1) is 0 Å². The Bertz CT molecular complexity index is 1540. The second kappa shape index (κ2) is 14.1. The van der Waals surface area contributed by atoms with E-state index >= 15 is 0 Å². The van der Waals surface area contributed by atoms with Crippen LogP contribution in [-0.4, -0.2) is 37.4 Å². The largest absolute Gasteiger partial charge is 0.454 e. The average Bonchev–Trinajstić information content (AvgIpc) is 3.49. The van der Waals surface area contributed by atoms with Crippen LogP contribution in [0.15, 0.2) is 108 Å². The molecule has 0 saturated heterocycles. The van der Waals surface area contributed by atoms with E-state index < -0.39 is 16.3 Å². The van der Waals surface area contributed by atoms with Crippen molar-refractivity contribution in [3.05, 3.63) is 120 Å². The number of aryl methyl sites for hydroxylation is 1. The van der Waals surface area contributed by atoms with Crippen molar-refractivity contribution < 1.29 is 23.0 Å². The lowest BCUT2D eigenvalue weighted by Crippen LogP contribution is -2.42. The summed E-state index contributed by atoms with van der Waals surface area (Å²) in [7, 11) is -3.95. The molecule has 7 nitrogen and oxygen atoms in total. The van der Waals surface area contributed by atoms with Crippen LogP contribution in [0.25, 0.3) is 0 Å². The summed E-state index contributed by atoms with van der Waals surface area (Å²) in [6.45, 7) is 5.71. The molecule has 43 heavy (non-hydrogen) atoms. The van der Waals surface area contributed by atoms with E-state index in [4.69, 9.17) is 9.47 Å². The van der Waals surface area contributed by atoms with Gasteiger partial charge in [0.15, 0.2) is 11.5 Å². The van der Waals surface area contributed by atoms with E-state index in [-0.39, 0.29) is 24.2 Å². The van der Waals surface area contributed by atoms with Crippen LogP contribution in [0.2, 0.25) is 0 Å². The Hall–Kier alpha value is -3.85. The van der Waals surface area contributed by atoms with E-state index in [1.807, 2.05) is 26.0 Å². The van der Waals surface area contributed by atoms with Crippen LogP contribution in [0, 0.1) is 5.92 Å². The van der Waals surface area contributed by atoms with E-state index in [0.717, 1.165) is 30.8 Å². The van der Waals surface area contributed by atoms with Crippen molar-refractivity contribution in [2.24, 2.45) is 5.92 Å². The predicted molar refractivity (Wildman–Crippen MR) is 169 cm³/mol. The van der Waals surface area contributed by atoms with Gasteiger partial charge in [-0.25, -0.2) is 8.42 Å². The number of anilines is 1. The van der Waals surface area contributed by atoms with Crippen LogP contribution in [0.4, 0.5) is 5.69 Å². The van der Waals surface area contributed by atoms with Gasteiger partial charge in [-0.1, -0.05) is 86.6 Å². The quantitative estimate of drug-likeness (QED) is 0.164. The SMILES string of the molecule is CC(C)CN(C(O)CCCc1cccc(N(Cc2ccccc2)Cc2ccccc2)c1)S(=O)(=O)c1ccc2c(c1)OCO2. The topological polar surface area (TPSA) is 79.3 Å². The van der Waals surface area contributed by atoms with Gasteiger partial charge in [0.1, 0.15) is 6.23 Å². The third-order valence-corrected chi connectivity index (χ3v) is 9.32. The normalized spacial score (nSPS) is 13.4. The molecule has 0 saturated carbocycles. The van der Waals surface area contributed by atoms with E-state index in [1.165, 1.54) is 27.6 Å². The standard InChI is InChI=1S/C35H40N2O5S/c1-27(2)23-37(43(39,40)32-19-20-33-34(22-32)42-26-41-33)35(38)18-10-16-28-15-9-17-31(21-28)36(24-29-11-5-3-6-12-29)25-30-13-7-4-8-14-30/h3-9,11-15,17,19-22,27,35,38H,10,16,18,23-26H2,1-2H3.